The highest BCUT2D eigenvalue weighted by Gasteiger charge is 2.16. The van der Waals surface area contributed by atoms with Gasteiger partial charge in [0.15, 0.2) is 5.96 Å². The Morgan fingerprint density at radius 1 is 1.22 bits per heavy atom. The van der Waals surface area contributed by atoms with Crippen LogP contribution in [0.4, 0.5) is 0 Å². The molecular formula is C20H37IN4O2. The number of rotatable bonds is 10. The quantitative estimate of drug-likeness (QED) is 0.299. The first-order valence-corrected chi connectivity index (χ1v) is 9.94. The molecule has 1 saturated heterocycles. The zero-order chi connectivity index (χ0) is 18.8. The monoisotopic (exact) mass is 492 g/mol. The Hall–Kier alpha value is -0.800. The molecule has 0 bridgehead atoms. The summed E-state index contributed by atoms with van der Waals surface area (Å²) < 4.78 is 10.9. The van der Waals surface area contributed by atoms with Crippen molar-refractivity contribution in [3.63, 3.8) is 0 Å². The number of furan rings is 1. The molecule has 1 aliphatic heterocycles. The van der Waals surface area contributed by atoms with Crippen LogP contribution in [0.2, 0.25) is 0 Å². The average molecular weight is 492 g/mol. The molecule has 6 nitrogen and oxygen atoms in total. The van der Waals surface area contributed by atoms with E-state index < -0.39 is 0 Å². The summed E-state index contributed by atoms with van der Waals surface area (Å²) in [6.07, 6.45) is 3.68. The minimum atomic E-state index is 0. The van der Waals surface area contributed by atoms with E-state index in [4.69, 9.17) is 14.1 Å². The zero-order valence-electron chi connectivity index (χ0n) is 17.2. The van der Waals surface area contributed by atoms with Crippen molar-refractivity contribution in [2.75, 3.05) is 39.4 Å². The number of ether oxygens (including phenoxy) is 1. The summed E-state index contributed by atoms with van der Waals surface area (Å²) in [6.45, 7) is 14.2. The van der Waals surface area contributed by atoms with Crippen molar-refractivity contribution in [1.82, 2.24) is 15.5 Å². The van der Waals surface area contributed by atoms with Crippen LogP contribution in [0.1, 0.15) is 39.9 Å². The highest BCUT2D eigenvalue weighted by Crippen LogP contribution is 2.12. The first-order chi connectivity index (χ1) is 12.6. The fraction of sp³-hybridized carbons (Fsp3) is 0.750. The molecule has 0 aliphatic carbocycles. The van der Waals surface area contributed by atoms with Gasteiger partial charge in [-0.05, 0) is 46.2 Å². The number of hydrogen-bond acceptors (Lipinski definition) is 4. The molecule has 1 fully saturated rings. The van der Waals surface area contributed by atoms with Gasteiger partial charge in [0.2, 0.25) is 0 Å². The molecule has 1 aromatic rings. The second-order valence-corrected chi connectivity index (χ2v) is 7.53. The Morgan fingerprint density at radius 2 is 1.96 bits per heavy atom. The molecule has 0 saturated carbocycles. The predicted octanol–water partition coefficient (Wildman–Crippen LogP) is 3.13. The van der Waals surface area contributed by atoms with Gasteiger partial charge < -0.3 is 19.8 Å². The number of nitrogens with zero attached hydrogens (tertiary/aromatic N) is 2. The first kappa shape index (κ1) is 24.2. The summed E-state index contributed by atoms with van der Waals surface area (Å²) in [6, 6.07) is 5.01. The number of aliphatic imine (C=N–C) groups is 1. The van der Waals surface area contributed by atoms with Crippen molar-refractivity contribution < 1.29 is 9.15 Å². The first-order valence-electron chi connectivity index (χ1n) is 9.94. The Labute approximate surface area is 181 Å². The van der Waals surface area contributed by atoms with Crippen molar-refractivity contribution in [1.29, 1.82) is 0 Å². The van der Waals surface area contributed by atoms with E-state index in [1.807, 2.05) is 12.1 Å². The SMILES string of the molecule is CC(C)N(CCNC(=NCC1CCOC1)NCCc1ccco1)C(C)C.I. The van der Waals surface area contributed by atoms with E-state index in [-0.39, 0.29) is 24.0 Å². The minimum absolute atomic E-state index is 0. The van der Waals surface area contributed by atoms with Gasteiger partial charge in [-0.2, -0.15) is 0 Å². The lowest BCUT2D eigenvalue weighted by atomic mass is 10.1. The smallest absolute Gasteiger partial charge is 0.191 e. The van der Waals surface area contributed by atoms with E-state index >= 15 is 0 Å². The lowest BCUT2D eigenvalue weighted by Gasteiger charge is -2.30. The second-order valence-electron chi connectivity index (χ2n) is 7.53. The largest absolute Gasteiger partial charge is 0.469 e. The van der Waals surface area contributed by atoms with Crippen LogP contribution in [0.15, 0.2) is 27.8 Å². The summed E-state index contributed by atoms with van der Waals surface area (Å²) in [4.78, 5) is 7.26. The van der Waals surface area contributed by atoms with E-state index in [9.17, 15) is 0 Å². The summed E-state index contributed by atoms with van der Waals surface area (Å²) in [5.41, 5.74) is 0. The van der Waals surface area contributed by atoms with E-state index in [1.165, 1.54) is 0 Å². The second kappa shape index (κ2) is 13.4. The lowest BCUT2D eigenvalue weighted by Crippen LogP contribution is -2.45. The third-order valence-corrected chi connectivity index (χ3v) is 4.76. The topological polar surface area (TPSA) is 62.0 Å². The standard InChI is InChI=1S/C20H36N4O2.HI/c1-16(2)24(17(3)4)11-10-22-20(23-14-18-8-13-25-15-18)21-9-7-19-6-5-12-26-19;/h5-6,12,16-18H,7-11,13-15H2,1-4H3,(H2,21,22,23);1H. The summed E-state index contributed by atoms with van der Waals surface area (Å²) in [7, 11) is 0. The maximum absolute atomic E-state index is 5.46. The van der Waals surface area contributed by atoms with Gasteiger partial charge in [0.1, 0.15) is 5.76 Å². The Bertz CT molecular complexity index is 506. The number of hydrogen-bond donors (Lipinski definition) is 2. The van der Waals surface area contributed by atoms with E-state index in [0.717, 1.165) is 64.0 Å². The van der Waals surface area contributed by atoms with Crippen molar-refractivity contribution in [3.05, 3.63) is 24.2 Å². The number of halogens is 1. The molecule has 2 N–H and O–H groups in total. The maximum atomic E-state index is 5.46. The van der Waals surface area contributed by atoms with Crippen LogP contribution >= 0.6 is 24.0 Å². The average Bonchev–Trinajstić information content (AvgIpc) is 3.28. The van der Waals surface area contributed by atoms with Crippen LogP contribution in [0, 0.1) is 5.92 Å². The molecule has 156 valence electrons. The highest BCUT2D eigenvalue weighted by molar-refractivity contribution is 14.0. The zero-order valence-corrected chi connectivity index (χ0v) is 19.6. The molecule has 2 heterocycles. The fourth-order valence-corrected chi connectivity index (χ4v) is 3.30. The molecule has 0 amide bonds. The van der Waals surface area contributed by atoms with Crippen molar-refractivity contribution >= 4 is 29.9 Å². The normalized spacial score (nSPS) is 17.6. The molecule has 1 unspecified atom stereocenters. The van der Waals surface area contributed by atoms with Crippen LogP contribution < -0.4 is 10.6 Å². The molecule has 0 spiro atoms. The van der Waals surface area contributed by atoms with Gasteiger partial charge in [-0.15, -0.1) is 24.0 Å². The summed E-state index contributed by atoms with van der Waals surface area (Å²) in [5.74, 6) is 2.42. The third kappa shape index (κ3) is 9.30. The van der Waals surface area contributed by atoms with Crippen molar-refractivity contribution in [2.24, 2.45) is 10.9 Å². The van der Waals surface area contributed by atoms with E-state index in [0.29, 0.717) is 18.0 Å². The van der Waals surface area contributed by atoms with Crippen molar-refractivity contribution in [2.45, 2.75) is 52.6 Å². The fourth-order valence-electron chi connectivity index (χ4n) is 3.30. The summed E-state index contributed by atoms with van der Waals surface area (Å²) >= 11 is 0. The molecule has 1 aromatic heterocycles. The summed E-state index contributed by atoms with van der Waals surface area (Å²) in [5, 5.41) is 6.92. The molecule has 27 heavy (non-hydrogen) atoms. The van der Waals surface area contributed by atoms with Gasteiger partial charge in [0.25, 0.3) is 0 Å². The predicted molar refractivity (Wildman–Crippen MR) is 122 cm³/mol. The highest BCUT2D eigenvalue weighted by atomic mass is 127. The maximum Gasteiger partial charge on any atom is 0.191 e. The number of guanidine groups is 1. The molecular weight excluding hydrogens is 455 g/mol. The van der Waals surface area contributed by atoms with E-state index in [2.05, 4.69) is 43.2 Å². The molecule has 1 aliphatic rings. The van der Waals surface area contributed by atoms with Crippen molar-refractivity contribution in [3.8, 4) is 0 Å². The molecule has 2 rings (SSSR count). The molecule has 1 atom stereocenters. The van der Waals surface area contributed by atoms with E-state index in [1.54, 1.807) is 6.26 Å². The number of nitrogens with one attached hydrogen (secondary N) is 2. The van der Waals surface area contributed by atoms with Gasteiger partial charge in [-0.1, -0.05) is 0 Å². The van der Waals surface area contributed by atoms with Gasteiger partial charge in [0.05, 0.1) is 12.9 Å². The van der Waals surface area contributed by atoms with Crippen LogP contribution in [0.5, 0.6) is 0 Å². The van der Waals surface area contributed by atoms with Crippen LogP contribution in [0.3, 0.4) is 0 Å². The molecule has 0 radical (unpaired) electrons. The Kier molecular flexibility index (Phi) is 12.0. The van der Waals surface area contributed by atoms with Gasteiger partial charge in [0, 0.05) is 57.2 Å². The lowest BCUT2D eigenvalue weighted by molar-refractivity contribution is 0.178. The van der Waals surface area contributed by atoms with Crippen LogP contribution in [0.25, 0.3) is 0 Å². The Morgan fingerprint density at radius 3 is 2.56 bits per heavy atom. The van der Waals surface area contributed by atoms with Gasteiger partial charge in [-0.3, -0.25) is 9.89 Å². The van der Waals surface area contributed by atoms with Gasteiger partial charge in [-0.25, -0.2) is 0 Å². The van der Waals surface area contributed by atoms with Crippen LogP contribution in [-0.4, -0.2) is 62.3 Å². The third-order valence-electron chi connectivity index (χ3n) is 4.76. The molecule has 7 heteroatoms. The Balaban J connectivity index is 0.00000364. The minimum Gasteiger partial charge on any atom is -0.469 e. The van der Waals surface area contributed by atoms with Gasteiger partial charge >= 0.3 is 0 Å². The molecule has 0 aromatic carbocycles. The van der Waals surface area contributed by atoms with Crippen LogP contribution in [-0.2, 0) is 11.2 Å².